The van der Waals surface area contributed by atoms with Crippen molar-refractivity contribution in [3.05, 3.63) is 23.9 Å². The summed E-state index contributed by atoms with van der Waals surface area (Å²) in [6.45, 7) is 7.53. The first-order chi connectivity index (χ1) is 9.08. The van der Waals surface area contributed by atoms with Gasteiger partial charge in [0.15, 0.2) is 0 Å². The van der Waals surface area contributed by atoms with Crippen LogP contribution in [-0.2, 0) is 0 Å². The molecule has 19 heavy (non-hydrogen) atoms. The van der Waals surface area contributed by atoms with Gasteiger partial charge in [-0.2, -0.15) is 0 Å². The fraction of sp³-hybridized carbons (Fsp3) is 0.571. The lowest BCUT2D eigenvalue weighted by Gasteiger charge is -2.20. The molecule has 2 heterocycles. The highest BCUT2D eigenvalue weighted by atomic mass is 16.1. The highest BCUT2D eigenvalue weighted by Gasteiger charge is 2.24. The normalized spacial score (nSPS) is 19.8. The molecule has 1 unspecified atom stereocenters. The molecule has 2 rings (SSSR count). The van der Waals surface area contributed by atoms with Crippen LogP contribution in [0.1, 0.15) is 30.6 Å². The maximum Gasteiger partial charge on any atom is 0.252 e. The molecule has 0 bridgehead atoms. The Morgan fingerprint density at radius 1 is 1.63 bits per heavy atom. The Morgan fingerprint density at radius 3 is 3.05 bits per heavy atom. The van der Waals surface area contributed by atoms with Crippen molar-refractivity contribution in [2.75, 3.05) is 25.0 Å². The van der Waals surface area contributed by atoms with Crippen LogP contribution in [0.3, 0.4) is 0 Å². The van der Waals surface area contributed by atoms with Crippen LogP contribution in [-0.4, -0.2) is 41.5 Å². The molecule has 0 spiro atoms. The molecule has 0 aromatic carbocycles. The number of aromatic nitrogens is 1. The predicted molar refractivity (Wildman–Crippen MR) is 76.1 cm³/mol. The van der Waals surface area contributed by atoms with Crippen molar-refractivity contribution in [1.29, 1.82) is 0 Å². The third-order valence-corrected chi connectivity index (χ3v) is 3.68. The first-order valence-corrected chi connectivity index (χ1v) is 6.80. The van der Waals surface area contributed by atoms with Gasteiger partial charge in [-0.05, 0) is 44.9 Å². The fourth-order valence-corrected chi connectivity index (χ4v) is 2.48. The summed E-state index contributed by atoms with van der Waals surface area (Å²) in [7, 11) is 0. The van der Waals surface area contributed by atoms with Crippen LogP contribution >= 0.6 is 0 Å². The van der Waals surface area contributed by atoms with Gasteiger partial charge in [-0.15, -0.1) is 0 Å². The number of carbonyl (C=O) groups is 1. The topological polar surface area (TPSA) is 71.2 Å². The number of rotatable bonds is 5. The van der Waals surface area contributed by atoms with Crippen molar-refractivity contribution in [3.8, 4) is 0 Å². The van der Waals surface area contributed by atoms with E-state index in [0.29, 0.717) is 23.3 Å². The first-order valence-electron chi connectivity index (χ1n) is 6.80. The SMILES string of the molecule is CC(C)N1CCC(CNc2ncccc2C(N)=O)C1. The van der Waals surface area contributed by atoms with Crippen molar-refractivity contribution in [1.82, 2.24) is 9.88 Å². The Hall–Kier alpha value is -1.62. The molecule has 1 aromatic heterocycles. The zero-order valence-corrected chi connectivity index (χ0v) is 11.6. The minimum atomic E-state index is -0.439. The first kappa shape index (κ1) is 13.8. The molecule has 0 saturated carbocycles. The van der Waals surface area contributed by atoms with E-state index in [1.807, 2.05) is 0 Å². The summed E-state index contributed by atoms with van der Waals surface area (Å²) in [6, 6.07) is 4.02. The van der Waals surface area contributed by atoms with E-state index >= 15 is 0 Å². The molecule has 1 fully saturated rings. The van der Waals surface area contributed by atoms with Crippen molar-refractivity contribution < 1.29 is 4.79 Å². The van der Waals surface area contributed by atoms with Crippen LogP contribution in [0.15, 0.2) is 18.3 Å². The van der Waals surface area contributed by atoms with Gasteiger partial charge >= 0.3 is 0 Å². The van der Waals surface area contributed by atoms with E-state index < -0.39 is 5.91 Å². The Bertz CT molecular complexity index is 447. The Kier molecular flexibility index (Phi) is 4.37. The van der Waals surface area contributed by atoms with E-state index in [4.69, 9.17) is 5.73 Å². The summed E-state index contributed by atoms with van der Waals surface area (Å²) in [5, 5.41) is 3.26. The molecule has 1 saturated heterocycles. The largest absolute Gasteiger partial charge is 0.369 e. The van der Waals surface area contributed by atoms with Crippen LogP contribution in [0.25, 0.3) is 0 Å². The number of pyridine rings is 1. The number of primary amides is 1. The summed E-state index contributed by atoms with van der Waals surface area (Å²) in [5.74, 6) is 0.758. The highest BCUT2D eigenvalue weighted by molar-refractivity contribution is 5.97. The monoisotopic (exact) mass is 262 g/mol. The summed E-state index contributed by atoms with van der Waals surface area (Å²) < 4.78 is 0. The van der Waals surface area contributed by atoms with E-state index in [9.17, 15) is 4.79 Å². The van der Waals surface area contributed by atoms with Crippen LogP contribution in [0.4, 0.5) is 5.82 Å². The van der Waals surface area contributed by atoms with Gasteiger partial charge in [0.25, 0.3) is 5.91 Å². The molecule has 5 nitrogen and oxygen atoms in total. The quantitative estimate of drug-likeness (QED) is 0.839. The number of nitrogens with zero attached hydrogens (tertiary/aromatic N) is 2. The number of likely N-dealkylation sites (tertiary alicyclic amines) is 1. The third-order valence-electron chi connectivity index (χ3n) is 3.68. The van der Waals surface area contributed by atoms with Crippen LogP contribution in [0.2, 0.25) is 0 Å². The Morgan fingerprint density at radius 2 is 2.42 bits per heavy atom. The van der Waals surface area contributed by atoms with Crippen molar-refractivity contribution in [2.24, 2.45) is 11.7 Å². The van der Waals surface area contributed by atoms with Gasteiger partial charge in [0, 0.05) is 25.3 Å². The smallest absolute Gasteiger partial charge is 0.252 e. The zero-order valence-electron chi connectivity index (χ0n) is 11.6. The number of amides is 1. The lowest BCUT2D eigenvalue weighted by atomic mass is 10.1. The molecule has 104 valence electrons. The van der Waals surface area contributed by atoms with Crippen molar-refractivity contribution in [2.45, 2.75) is 26.3 Å². The average Bonchev–Trinajstić information content (AvgIpc) is 2.85. The maximum atomic E-state index is 11.3. The van der Waals surface area contributed by atoms with Gasteiger partial charge in [0.05, 0.1) is 5.56 Å². The van der Waals surface area contributed by atoms with Gasteiger partial charge in [0.1, 0.15) is 5.82 Å². The molecule has 0 radical (unpaired) electrons. The maximum absolute atomic E-state index is 11.3. The average molecular weight is 262 g/mol. The van der Waals surface area contributed by atoms with E-state index in [2.05, 4.69) is 29.0 Å². The minimum absolute atomic E-state index is 0.439. The summed E-state index contributed by atoms with van der Waals surface area (Å²) in [5.41, 5.74) is 5.79. The van der Waals surface area contributed by atoms with Crippen molar-refractivity contribution >= 4 is 11.7 Å². The molecule has 3 N–H and O–H groups in total. The van der Waals surface area contributed by atoms with Gasteiger partial charge < -0.3 is 16.0 Å². The van der Waals surface area contributed by atoms with E-state index in [1.54, 1.807) is 18.3 Å². The molecule has 1 amide bonds. The van der Waals surface area contributed by atoms with Crippen LogP contribution < -0.4 is 11.1 Å². The van der Waals surface area contributed by atoms with Gasteiger partial charge in [-0.25, -0.2) is 4.98 Å². The van der Waals surface area contributed by atoms with Crippen molar-refractivity contribution in [3.63, 3.8) is 0 Å². The van der Waals surface area contributed by atoms with Crippen LogP contribution in [0.5, 0.6) is 0 Å². The van der Waals surface area contributed by atoms with Gasteiger partial charge in [-0.3, -0.25) is 4.79 Å². The number of nitrogens with two attached hydrogens (primary N) is 1. The number of carbonyl (C=O) groups excluding carboxylic acids is 1. The molecule has 1 aliphatic heterocycles. The predicted octanol–water partition coefficient (Wildman–Crippen LogP) is 1.32. The van der Waals surface area contributed by atoms with Crippen LogP contribution in [0, 0.1) is 5.92 Å². The van der Waals surface area contributed by atoms with E-state index in [-0.39, 0.29) is 0 Å². The number of anilines is 1. The highest BCUT2D eigenvalue weighted by Crippen LogP contribution is 2.19. The second-order valence-corrected chi connectivity index (χ2v) is 5.39. The summed E-state index contributed by atoms with van der Waals surface area (Å²) >= 11 is 0. The lowest BCUT2D eigenvalue weighted by molar-refractivity contribution is 0.100. The molecule has 5 heteroatoms. The summed E-state index contributed by atoms with van der Waals surface area (Å²) in [4.78, 5) is 18.0. The third kappa shape index (κ3) is 3.44. The lowest BCUT2D eigenvalue weighted by Crippen LogP contribution is -2.29. The fourth-order valence-electron chi connectivity index (χ4n) is 2.48. The Balaban J connectivity index is 1.91. The van der Waals surface area contributed by atoms with E-state index in [1.165, 1.54) is 6.42 Å². The second-order valence-electron chi connectivity index (χ2n) is 5.39. The molecular weight excluding hydrogens is 240 g/mol. The minimum Gasteiger partial charge on any atom is -0.369 e. The summed E-state index contributed by atoms with van der Waals surface area (Å²) in [6.07, 6.45) is 2.85. The second kappa shape index (κ2) is 6.02. The zero-order chi connectivity index (χ0) is 13.8. The molecular formula is C14H22N4O. The molecule has 1 aliphatic rings. The number of hydrogen-bond acceptors (Lipinski definition) is 4. The van der Waals surface area contributed by atoms with Gasteiger partial charge in [-0.1, -0.05) is 0 Å². The molecule has 1 aromatic rings. The molecule has 1 atom stereocenters. The number of nitrogens with one attached hydrogen (secondary N) is 1. The van der Waals surface area contributed by atoms with E-state index in [0.717, 1.165) is 19.6 Å². The molecule has 0 aliphatic carbocycles. The van der Waals surface area contributed by atoms with Gasteiger partial charge in [0.2, 0.25) is 0 Å². The standard InChI is InChI=1S/C14H22N4O/c1-10(2)18-7-5-11(9-18)8-17-14-12(13(15)19)4-3-6-16-14/h3-4,6,10-11H,5,7-9H2,1-2H3,(H2,15,19)(H,16,17). The number of hydrogen-bond donors (Lipinski definition) is 2. The Labute approximate surface area is 114 Å².